The van der Waals surface area contributed by atoms with E-state index in [0.29, 0.717) is 5.92 Å². The van der Waals surface area contributed by atoms with E-state index >= 15 is 0 Å². The minimum absolute atomic E-state index is 0.347. The molecule has 1 heterocycles. The molecule has 0 amide bonds. The molecule has 6 heteroatoms. The monoisotopic (exact) mass is 552 g/mol. The molecule has 0 spiro atoms. The van der Waals surface area contributed by atoms with Gasteiger partial charge in [0.1, 0.15) is 22.6 Å². The fraction of sp³-hybridized carbons (Fsp3) is 0.559. The number of H-pyrrole nitrogens is 1. The van der Waals surface area contributed by atoms with Gasteiger partial charge in [0.2, 0.25) is 0 Å². The Labute approximate surface area is 242 Å². The lowest BCUT2D eigenvalue weighted by Crippen LogP contribution is -2.35. The Balaban J connectivity index is 0.000000236. The number of imidazole rings is 1. The van der Waals surface area contributed by atoms with E-state index < -0.39 is 11.2 Å². The Morgan fingerprint density at radius 2 is 1.25 bits per heavy atom. The number of hydrogen-bond donors (Lipinski definition) is 2. The molecule has 0 aliphatic heterocycles. The first-order valence-corrected chi connectivity index (χ1v) is 14.6. The summed E-state index contributed by atoms with van der Waals surface area (Å²) in [5.41, 5.74) is 1.98. The minimum atomic E-state index is -0.493. The van der Waals surface area contributed by atoms with Gasteiger partial charge < -0.3 is 4.98 Å². The molecule has 0 radical (unpaired) electrons. The van der Waals surface area contributed by atoms with Gasteiger partial charge >= 0.3 is 0 Å². The van der Waals surface area contributed by atoms with Crippen LogP contribution in [0.1, 0.15) is 104 Å². The highest BCUT2D eigenvalue weighted by Gasteiger charge is 2.33. The summed E-state index contributed by atoms with van der Waals surface area (Å²) < 4.78 is 0. The third kappa shape index (κ3) is 10.8. The summed E-state index contributed by atoms with van der Waals surface area (Å²) in [7, 11) is 0. The summed E-state index contributed by atoms with van der Waals surface area (Å²) in [5.74, 6) is 2.46. The first kappa shape index (κ1) is 33.7. The third-order valence-electron chi connectivity index (χ3n) is 7.72. The van der Waals surface area contributed by atoms with Crippen molar-refractivity contribution in [1.29, 1.82) is 0 Å². The number of rotatable bonds is 8. The maximum Gasteiger partial charge on any atom is 0.123 e. The molecule has 0 bridgehead atoms. The molecule has 2 aromatic carbocycles. The molecule has 1 fully saturated rings. The van der Waals surface area contributed by atoms with Crippen LogP contribution in [-0.4, -0.2) is 20.8 Å². The highest BCUT2D eigenvalue weighted by atomic mass is 17.2. The SMILES string of the molecule is CC(C)(OOC(C)(C)c1ccccc1)c1ccccc1.CC1CCC(C(C)(C)OO)CC1.CCc1ncc(C)[nH]1. The zero-order chi connectivity index (χ0) is 29.8. The van der Waals surface area contributed by atoms with Gasteiger partial charge in [-0.25, -0.2) is 19.6 Å². The van der Waals surface area contributed by atoms with Gasteiger partial charge in [-0.15, -0.1) is 0 Å². The largest absolute Gasteiger partial charge is 0.346 e. The van der Waals surface area contributed by atoms with Crippen molar-refractivity contribution in [2.45, 2.75) is 111 Å². The fourth-order valence-corrected chi connectivity index (χ4v) is 4.66. The van der Waals surface area contributed by atoms with E-state index in [2.05, 4.69) is 28.7 Å². The molecule has 0 unspecified atom stereocenters. The number of hydrogen-bond acceptors (Lipinski definition) is 5. The van der Waals surface area contributed by atoms with Gasteiger partial charge in [0.05, 0.1) is 0 Å². The van der Waals surface area contributed by atoms with E-state index in [4.69, 9.17) is 15.0 Å². The van der Waals surface area contributed by atoms with E-state index in [1.165, 1.54) is 25.7 Å². The molecule has 222 valence electrons. The van der Waals surface area contributed by atoms with Crippen LogP contribution in [0, 0.1) is 18.8 Å². The predicted octanol–water partition coefficient (Wildman–Crippen LogP) is 9.17. The molecule has 2 N–H and O–H groups in total. The maximum absolute atomic E-state index is 8.71. The van der Waals surface area contributed by atoms with Crippen molar-refractivity contribution in [2.75, 3.05) is 0 Å². The Morgan fingerprint density at radius 3 is 1.57 bits per heavy atom. The topological polar surface area (TPSA) is 76.6 Å². The second-order valence-electron chi connectivity index (χ2n) is 12.4. The number of benzene rings is 2. The molecule has 40 heavy (non-hydrogen) atoms. The summed E-state index contributed by atoms with van der Waals surface area (Å²) in [6.45, 7) is 18.3. The standard InChI is InChI=1S/C18H22O2.C10H20O2.C6H10N2/c1-17(2,15-11-7-5-8-12-15)19-20-18(3,4)16-13-9-6-10-14-16;1-8-4-6-9(7-5-8)10(2,3)12-11;1-3-6-7-4-5(2)8-6/h5-14H,1-4H3;8-9,11H,4-7H2,1-3H3;4H,3H2,1-2H3,(H,7,8). The highest BCUT2D eigenvalue weighted by Crippen LogP contribution is 2.36. The molecule has 1 aliphatic carbocycles. The van der Waals surface area contributed by atoms with Crippen LogP contribution in [-0.2, 0) is 32.3 Å². The summed E-state index contributed by atoms with van der Waals surface area (Å²) >= 11 is 0. The maximum atomic E-state index is 8.71. The van der Waals surface area contributed by atoms with Crippen LogP contribution in [0.3, 0.4) is 0 Å². The minimum Gasteiger partial charge on any atom is -0.346 e. The van der Waals surface area contributed by atoms with Gasteiger partial charge in [-0.05, 0) is 84.3 Å². The Hall–Kier alpha value is -2.51. The van der Waals surface area contributed by atoms with Crippen LogP contribution in [0.25, 0.3) is 0 Å². The quantitative estimate of drug-likeness (QED) is 0.215. The lowest BCUT2D eigenvalue weighted by atomic mass is 9.75. The second kappa shape index (κ2) is 15.5. The highest BCUT2D eigenvalue weighted by molar-refractivity contribution is 5.22. The fourth-order valence-electron chi connectivity index (χ4n) is 4.66. The van der Waals surface area contributed by atoms with E-state index in [1.54, 1.807) is 0 Å². The Morgan fingerprint density at radius 1 is 0.800 bits per heavy atom. The van der Waals surface area contributed by atoms with Crippen molar-refractivity contribution >= 4 is 0 Å². The zero-order valence-electron chi connectivity index (χ0n) is 26.2. The lowest BCUT2D eigenvalue weighted by molar-refractivity contribution is -0.410. The van der Waals surface area contributed by atoms with Gasteiger partial charge in [0.15, 0.2) is 0 Å². The average Bonchev–Trinajstić information content (AvgIpc) is 3.39. The van der Waals surface area contributed by atoms with E-state index in [-0.39, 0.29) is 5.60 Å². The van der Waals surface area contributed by atoms with Crippen LogP contribution in [0.4, 0.5) is 0 Å². The average molecular weight is 553 g/mol. The second-order valence-corrected chi connectivity index (χ2v) is 12.4. The smallest absolute Gasteiger partial charge is 0.123 e. The third-order valence-corrected chi connectivity index (χ3v) is 7.72. The van der Waals surface area contributed by atoms with Crippen molar-refractivity contribution in [3.8, 4) is 0 Å². The Bertz CT molecular complexity index is 1030. The molecule has 1 saturated carbocycles. The number of aryl methyl sites for hydroxylation is 2. The van der Waals surface area contributed by atoms with Gasteiger partial charge in [-0.2, -0.15) is 0 Å². The normalized spacial score (nSPS) is 17.8. The number of nitrogens with one attached hydrogen (secondary N) is 1. The molecule has 4 rings (SSSR count). The van der Waals surface area contributed by atoms with Crippen LogP contribution in [0.15, 0.2) is 66.9 Å². The van der Waals surface area contributed by atoms with Crippen LogP contribution in [0.2, 0.25) is 0 Å². The molecular weight excluding hydrogens is 500 g/mol. The summed E-state index contributed by atoms with van der Waals surface area (Å²) in [6, 6.07) is 20.2. The Kier molecular flexibility index (Phi) is 13.0. The molecule has 0 saturated heterocycles. The van der Waals surface area contributed by atoms with E-state index in [1.807, 2.05) is 115 Å². The van der Waals surface area contributed by atoms with E-state index in [0.717, 1.165) is 35.0 Å². The van der Waals surface area contributed by atoms with Gasteiger partial charge in [-0.3, -0.25) is 5.26 Å². The molecule has 0 atom stereocenters. The molecular formula is C34H52N2O4. The van der Waals surface area contributed by atoms with Gasteiger partial charge in [0, 0.05) is 18.3 Å². The van der Waals surface area contributed by atoms with Gasteiger partial charge in [-0.1, -0.05) is 87.4 Å². The van der Waals surface area contributed by atoms with Crippen molar-refractivity contribution < 1.29 is 19.9 Å². The lowest BCUT2D eigenvalue weighted by Gasteiger charge is -2.35. The van der Waals surface area contributed by atoms with Crippen LogP contribution in [0.5, 0.6) is 0 Å². The van der Waals surface area contributed by atoms with Crippen molar-refractivity contribution in [1.82, 2.24) is 9.97 Å². The summed E-state index contributed by atoms with van der Waals surface area (Å²) in [4.78, 5) is 23.2. The first-order chi connectivity index (χ1) is 18.8. The zero-order valence-corrected chi connectivity index (χ0v) is 26.2. The van der Waals surface area contributed by atoms with Crippen LogP contribution < -0.4 is 0 Å². The molecule has 1 aromatic heterocycles. The summed E-state index contributed by atoms with van der Waals surface area (Å²) in [5, 5.41) is 8.71. The number of aromatic amines is 1. The number of nitrogens with zero attached hydrogens (tertiary/aromatic N) is 1. The number of aromatic nitrogens is 2. The first-order valence-electron chi connectivity index (χ1n) is 14.6. The van der Waals surface area contributed by atoms with E-state index in [9.17, 15) is 0 Å². The van der Waals surface area contributed by atoms with Crippen LogP contribution >= 0.6 is 0 Å². The van der Waals surface area contributed by atoms with Gasteiger partial charge in [0.25, 0.3) is 0 Å². The van der Waals surface area contributed by atoms with Crippen molar-refractivity contribution in [3.63, 3.8) is 0 Å². The molecule has 3 aromatic rings. The summed E-state index contributed by atoms with van der Waals surface area (Å²) in [6.07, 6.45) is 7.77. The van der Waals surface area contributed by atoms with Crippen molar-refractivity contribution in [2.24, 2.45) is 11.8 Å². The molecule has 6 nitrogen and oxygen atoms in total. The predicted molar refractivity (Wildman–Crippen MR) is 163 cm³/mol. The molecule has 1 aliphatic rings. The van der Waals surface area contributed by atoms with Crippen molar-refractivity contribution in [3.05, 3.63) is 89.5 Å².